The molecule has 0 unspecified atom stereocenters. The van der Waals surface area contributed by atoms with Crippen molar-refractivity contribution in [3.05, 3.63) is 17.0 Å². The Labute approximate surface area is 73.5 Å². The summed E-state index contributed by atoms with van der Waals surface area (Å²) in [6, 6.07) is 0. The van der Waals surface area contributed by atoms with Gasteiger partial charge in [-0.05, 0) is 13.8 Å². The van der Waals surface area contributed by atoms with Crippen LogP contribution in [0.15, 0.2) is 9.68 Å². The van der Waals surface area contributed by atoms with Crippen molar-refractivity contribution in [1.82, 2.24) is 5.16 Å². The molecule has 70 valence electrons. The largest absolute Gasteiger partial charge is 0.476 e. The van der Waals surface area contributed by atoms with Crippen molar-refractivity contribution in [3.8, 4) is 0 Å². The SMILES string of the molecule is Cc1noc(C)c1/C(=N/O)C(=O)O. The Morgan fingerprint density at radius 3 is 2.46 bits per heavy atom. The number of carboxylic acid groups (broad SMARTS) is 1. The Morgan fingerprint density at radius 1 is 1.54 bits per heavy atom. The fraction of sp³-hybridized carbons (Fsp3) is 0.286. The highest BCUT2D eigenvalue weighted by molar-refractivity contribution is 6.42. The van der Waals surface area contributed by atoms with Crippen molar-refractivity contribution in [2.24, 2.45) is 5.16 Å². The van der Waals surface area contributed by atoms with E-state index in [2.05, 4.69) is 10.3 Å². The first-order chi connectivity index (χ1) is 6.07. The van der Waals surface area contributed by atoms with Crippen LogP contribution in [0.3, 0.4) is 0 Å². The molecule has 6 nitrogen and oxygen atoms in total. The number of aliphatic carboxylic acids is 1. The van der Waals surface area contributed by atoms with Gasteiger partial charge in [0.1, 0.15) is 5.76 Å². The van der Waals surface area contributed by atoms with E-state index in [1.54, 1.807) is 13.8 Å². The molecule has 6 heteroatoms. The number of hydrogen-bond donors (Lipinski definition) is 2. The predicted molar refractivity (Wildman–Crippen MR) is 41.9 cm³/mol. The molecule has 2 N–H and O–H groups in total. The molecular weight excluding hydrogens is 176 g/mol. The molecule has 0 amide bonds. The average molecular weight is 184 g/mol. The molecule has 1 heterocycles. The first kappa shape index (κ1) is 9.24. The number of hydrogen-bond acceptors (Lipinski definition) is 5. The summed E-state index contributed by atoms with van der Waals surface area (Å²) < 4.78 is 4.72. The van der Waals surface area contributed by atoms with Gasteiger partial charge in [0.15, 0.2) is 5.71 Å². The molecule has 0 saturated carbocycles. The summed E-state index contributed by atoms with van der Waals surface area (Å²) >= 11 is 0. The number of carbonyl (C=O) groups is 1. The number of rotatable bonds is 2. The van der Waals surface area contributed by atoms with E-state index >= 15 is 0 Å². The van der Waals surface area contributed by atoms with Crippen LogP contribution in [0.2, 0.25) is 0 Å². The van der Waals surface area contributed by atoms with E-state index in [4.69, 9.17) is 14.8 Å². The van der Waals surface area contributed by atoms with Crippen molar-refractivity contribution >= 4 is 11.7 Å². The second kappa shape index (κ2) is 3.26. The molecule has 1 rings (SSSR count). The smallest absolute Gasteiger partial charge is 0.358 e. The molecule has 0 aliphatic heterocycles. The predicted octanol–water partition coefficient (Wildman–Crippen LogP) is 0.554. The van der Waals surface area contributed by atoms with Crippen LogP contribution >= 0.6 is 0 Å². The van der Waals surface area contributed by atoms with Crippen LogP contribution < -0.4 is 0 Å². The third-order valence-corrected chi connectivity index (χ3v) is 1.57. The average Bonchev–Trinajstić information content (AvgIpc) is 2.36. The molecule has 0 atom stereocenters. The van der Waals surface area contributed by atoms with Gasteiger partial charge in [0, 0.05) is 0 Å². The summed E-state index contributed by atoms with van der Waals surface area (Å²) in [5, 5.41) is 23.3. The van der Waals surface area contributed by atoms with Crippen molar-refractivity contribution in [1.29, 1.82) is 0 Å². The first-order valence-corrected chi connectivity index (χ1v) is 3.46. The lowest BCUT2D eigenvalue weighted by molar-refractivity contribution is -0.129. The van der Waals surface area contributed by atoms with E-state index < -0.39 is 11.7 Å². The van der Waals surface area contributed by atoms with Crippen molar-refractivity contribution in [3.63, 3.8) is 0 Å². The van der Waals surface area contributed by atoms with Gasteiger partial charge in [0.25, 0.3) is 0 Å². The van der Waals surface area contributed by atoms with Gasteiger partial charge >= 0.3 is 5.97 Å². The van der Waals surface area contributed by atoms with Crippen LogP contribution in [0.1, 0.15) is 17.0 Å². The molecular formula is C7H8N2O4. The number of carboxylic acids is 1. The van der Waals surface area contributed by atoms with E-state index in [1.165, 1.54) is 0 Å². The van der Waals surface area contributed by atoms with Crippen LogP contribution in [0, 0.1) is 13.8 Å². The summed E-state index contributed by atoms with van der Waals surface area (Å²) in [4.78, 5) is 10.6. The van der Waals surface area contributed by atoms with Crippen molar-refractivity contribution in [2.45, 2.75) is 13.8 Å². The third-order valence-electron chi connectivity index (χ3n) is 1.57. The van der Waals surface area contributed by atoms with Gasteiger partial charge in [-0.15, -0.1) is 0 Å². The fourth-order valence-electron chi connectivity index (χ4n) is 1.02. The zero-order chi connectivity index (χ0) is 10.0. The minimum Gasteiger partial charge on any atom is -0.476 e. The summed E-state index contributed by atoms with van der Waals surface area (Å²) in [6.45, 7) is 3.11. The van der Waals surface area contributed by atoms with Gasteiger partial charge in [0.05, 0.1) is 11.3 Å². The van der Waals surface area contributed by atoms with Gasteiger partial charge < -0.3 is 14.8 Å². The van der Waals surface area contributed by atoms with Gasteiger partial charge in [0.2, 0.25) is 0 Å². The lowest BCUT2D eigenvalue weighted by atomic mass is 10.1. The van der Waals surface area contributed by atoms with Crippen LogP contribution in [-0.4, -0.2) is 27.2 Å². The standard InChI is InChI=1S/C7H8N2O4/c1-3-5(4(2)13-9-3)6(8-12)7(10)11/h12H,1-2H3,(H,10,11)/b8-6-. The van der Waals surface area contributed by atoms with Gasteiger partial charge in [-0.25, -0.2) is 4.79 Å². The fourth-order valence-corrected chi connectivity index (χ4v) is 1.02. The lowest BCUT2D eigenvalue weighted by Crippen LogP contribution is -2.15. The number of aryl methyl sites for hydroxylation is 2. The number of oxime groups is 1. The van der Waals surface area contributed by atoms with E-state index in [-0.39, 0.29) is 5.56 Å². The molecule has 0 bridgehead atoms. The molecule has 0 radical (unpaired) electrons. The topological polar surface area (TPSA) is 95.9 Å². The number of nitrogens with zero attached hydrogens (tertiary/aromatic N) is 2. The van der Waals surface area contributed by atoms with Crippen molar-refractivity contribution < 1.29 is 19.6 Å². The highest BCUT2D eigenvalue weighted by Gasteiger charge is 2.21. The van der Waals surface area contributed by atoms with Gasteiger partial charge in [-0.1, -0.05) is 10.3 Å². The first-order valence-electron chi connectivity index (χ1n) is 3.46. The van der Waals surface area contributed by atoms with E-state index in [0.29, 0.717) is 11.5 Å². The molecule has 0 spiro atoms. The van der Waals surface area contributed by atoms with Crippen LogP contribution in [0.25, 0.3) is 0 Å². The third kappa shape index (κ3) is 1.51. The molecule has 0 fully saturated rings. The maximum atomic E-state index is 10.6. The summed E-state index contributed by atoms with van der Waals surface area (Å²) in [5.41, 5.74) is 0.138. The Balaban J connectivity index is 3.27. The molecule has 0 aliphatic carbocycles. The normalized spacial score (nSPS) is 11.7. The highest BCUT2D eigenvalue weighted by atomic mass is 16.5. The Morgan fingerprint density at radius 2 is 2.15 bits per heavy atom. The maximum absolute atomic E-state index is 10.6. The van der Waals surface area contributed by atoms with Crippen LogP contribution in [-0.2, 0) is 4.79 Å². The molecule has 0 saturated heterocycles. The molecule has 0 aliphatic rings. The van der Waals surface area contributed by atoms with E-state index in [9.17, 15) is 4.79 Å². The second-order valence-corrected chi connectivity index (χ2v) is 2.45. The molecule has 0 aromatic carbocycles. The highest BCUT2D eigenvalue weighted by Crippen LogP contribution is 2.13. The monoisotopic (exact) mass is 184 g/mol. The molecule has 1 aromatic heterocycles. The van der Waals surface area contributed by atoms with Crippen molar-refractivity contribution in [2.75, 3.05) is 0 Å². The van der Waals surface area contributed by atoms with Gasteiger partial charge in [-0.3, -0.25) is 0 Å². The second-order valence-electron chi connectivity index (χ2n) is 2.45. The van der Waals surface area contributed by atoms with E-state index in [0.717, 1.165) is 0 Å². The van der Waals surface area contributed by atoms with Crippen LogP contribution in [0.4, 0.5) is 0 Å². The summed E-state index contributed by atoms with van der Waals surface area (Å²) in [7, 11) is 0. The zero-order valence-electron chi connectivity index (χ0n) is 7.11. The molecule has 1 aromatic rings. The number of aromatic nitrogens is 1. The summed E-state index contributed by atoms with van der Waals surface area (Å²) in [5.74, 6) is -1.01. The zero-order valence-corrected chi connectivity index (χ0v) is 7.11. The minimum atomic E-state index is -1.32. The summed E-state index contributed by atoms with van der Waals surface area (Å²) in [6.07, 6.45) is 0. The Kier molecular flexibility index (Phi) is 2.32. The van der Waals surface area contributed by atoms with E-state index in [1.807, 2.05) is 0 Å². The quantitative estimate of drug-likeness (QED) is 0.397. The maximum Gasteiger partial charge on any atom is 0.358 e. The lowest BCUT2D eigenvalue weighted by Gasteiger charge is -1.95. The minimum absolute atomic E-state index is 0.218. The Hall–Kier alpha value is -1.85. The van der Waals surface area contributed by atoms with Crippen LogP contribution in [0.5, 0.6) is 0 Å². The van der Waals surface area contributed by atoms with Gasteiger partial charge in [-0.2, -0.15) is 0 Å². The molecule has 13 heavy (non-hydrogen) atoms. The Bertz CT molecular complexity index is 347.